The van der Waals surface area contributed by atoms with Crippen molar-refractivity contribution in [1.82, 2.24) is 9.97 Å². The Hall–Kier alpha value is -4.85. The summed E-state index contributed by atoms with van der Waals surface area (Å²) in [6.07, 6.45) is 1.31. The average molecular weight is 452 g/mol. The molecule has 5 rings (SSSR count). The number of phenolic OH excluding ortho intramolecular Hbond substituents is 2. The Bertz CT molecular complexity index is 1580. The summed E-state index contributed by atoms with van der Waals surface area (Å²) >= 11 is 0. The lowest BCUT2D eigenvalue weighted by molar-refractivity contribution is 0.102. The van der Waals surface area contributed by atoms with E-state index >= 15 is 0 Å². The van der Waals surface area contributed by atoms with Crippen molar-refractivity contribution < 1.29 is 19.7 Å². The number of nitrogen functional groups attached to an aromatic ring is 1. The zero-order valence-electron chi connectivity index (χ0n) is 18.1. The number of nitrogens with zero attached hydrogens (tertiary/aromatic N) is 2. The van der Waals surface area contributed by atoms with Gasteiger partial charge in [0.05, 0.1) is 22.3 Å². The molecular formula is C26H20N4O4. The number of nitrogens with two attached hydrogens (primary N) is 1. The molecule has 0 bridgehead atoms. The van der Waals surface area contributed by atoms with E-state index in [1.807, 2.05) is 19.1 Å². The normalized spacial score (nSPS) is 11.0. The number of anilines is 2. The first-order chi connectivity index (χ1) is 16.4. The summed E-state index contributed by atoms with van der Waals surface area (Å²) in [6.45, 7) is 1.93. The molecule has 1 amide bonds. The largest absolute Gasteiger partial charge is 0.504 e. The number of phenols is 2. The monoisotopic (exact) mass is 452 g/mol. The second-order valence-electron chi connectivity index (χ2n) is 7.87. The molecule has 0 unspecified atom stereocenters. The molecule has 0 spiro atoms. The molecule has 0 fully saturated rings. The number of aromatic hydroxyl groups is 2. The molecule has 5 N–H and O–H groups in total. The van der Waals surface area contributed by atoms with Gasteiger partial charge >= 0.3 is 0 Å². The van der Waals surface area contributed by atoms with Crippen LogP contribution < -0.4 is 15.8 Å². The van der Waals surface area contributed by atoms with Crippen molar-refractivity contribution in [3.05, 3.63) is 84.2 Å². The third-order valence-electron chi connectivity index (χ3n) is 5.46. The van der Waals surface area contributed by atoms with Gasteiger partial charge in [0.15, 0.2) is 11.5 Å². The number of carbonyl (C=O) groups excluding carboxylic acids is 1. The maximum atomic E-state index is 13.0. The quantitative estimate of drug-likeness (QED) is 0.220. The molecular weight excluding hydrogens is 432 g/mol. The highest BCUT2D eigenvalue weighted by molar-refractivity contribution is 6.13. The lowest BCUT2D eigenvalue weighted by Gasteiger charge is -2.12. The molecule has 0 aliphatic heterocycles. The summed E-state index contributed by atoms with van der Waals surface area (Å²) in [6, 6.07) is 18.9. The molecule has 5 aromatic rings. The van der Waals surface area contributed by atoms with Crippen LogP contribution in [0.3, 0.4) is 0 Å². The standard InChI is InChI=1S/C26H20N4O4/c1-14-5-8-21(20(27)9-14)30-25(33)18-4-2-3-15-10-16(6-7-17(15)18)34-26-19-11-23(31)24(32)12-22(19)28-13-29-26/h2-13,31-32H,27H2,1H3,(H,30,33). The Balaban J connectivity index is 1.47. The van der Waals surface area contributed by atoms with E-state index in [4.69, 9.17) is 10.5 Å². The van der Waals surface area contributed by atoms with Crippen molar-refractivity contribution >= 4 is 39.0 Å². The fourth-order valence-electron chi connectivity index (χ4n) is 3.76. The highest BCUT2D eigenvalue weighted by Crippen LogP contribution is 2.35. The van der Waals surface area contributed by atoms with Gasteiger partial charge in [-0.25, -0.2) is 9.97 Å². The number of hydrogen-bond donors (Lipinski definition) is 4. The van der Waals surface area contributed by atoms with E-state index < -0.39 is 0 Å². The first kappa shape index (κ1) is 21.0. The Morgan fingerprint density at radius 3 is 2.59 bits per heavy atom. The smallest absolute Gasteiger partial charge is 0.256 e. The molecule has 1 heterocycles. The lowest BCUT2D eigenvalue weighted by atomic mass is 10.0. The highest BCUT2D eigenvalue weighted by Gasteiger charge is 2.14. The molecule has 4 aromatic carbocycles. The summed E-state index contributed by atoms with van der Waals surface area (Å²) in [5, 5.41) is 24.4. The molecule has 8 heteroatoms. The number of hydrogen-bond acceptors (Lipinski definition) is 7. The van der Waals surface area contributed by atoms with E-state index in [1.165, 1.54) is 18.5 Å². The van der Waals surface area contributed by atoms with Crippen LogP contribution in [0, 0.1) is 6.92 Å². The van der Waals surface area contributed by atoms with Crippen molar-refractivity contribution in [1.29, 1.82) is 0 Å². The van der Waals surface area contributed by atoms with Crippen LogP contribution in [0.1, 0.15) is 15.9 Å². The topological polar surface area (TPSA) is 131 Å². The van der Waals surface area contributed by atoms with Gasteiger partial charge in [-0.3, -0.25) is 4.79 Å². The van der Waals surface area contributed by atoms with Gasteiger partial charge in [0.2, 0.25) is 5.88 Å². The van der Waals surface area contributed by atoms with Crippen molar-refractivity contribution in [2.24, 2.45) is 0 Å². The van der Waals surface area contributed by atoms with E-state index in [-0.39, 0.29) is 23.3 Å². The van der Waals surface area contributed by atoms with Crippen LogP contribution in [0.2, 0.25) is 0 Å². The maximum absolute atomic E-state index is 13.0. The molecule has 1 aromatic heterocycles. The predicted octanol–water partition coefficient (Wildman–Crippen LogP) is 5.13. The number of benzene rings is 4. The predicted molar refractivity (Wildman–Crippen MR) is 130 cm³/mol. The highest BCUT2D eigenvalue weighted by atomic mass is 16.5. The number of nitrogens with one attached hydrogen (secondary N) is 1. The summed E-state index contributed by atoms with van der Waals surface area (Å²) in [5.74, 6) is -0.132. The van der Waals surface area contributed by atoms with Crippen LogP contribution in [0.4, 0.5) is 11.4 Å². The van der Waals surface area contributed by atoms with Gasteiger partial charge in [0.1, 0.15) is 12.1 Å². The SMILES string of the molecule is Cc1ccc(NC(=O)c2cccc3cc(Oc4ncnc5cc(O)c(O)cc45)ccc23)c(N)c1. The second kappa shape index (κ2) is 8.25. The van der Waals surface area contributed by atoms with E-state index in [0.717, 1.165) is 16.3 Å². The van der Waals surface area contributed by atoms with Crippen LogP contribution in [-0.4, -0.2) is 26.1 Å². The van der Waals surface area contributed by atoms with Gasteiger partial charge in [0.25, 0.3) is 5.91 Å². The van der Waals surface area contributed by atoms with Crippen LogP contribution >= 0.6 is 0 Å². The van der Waals surface area contributed by atoms with Crippen molar-refractivity contribution in [3.63, 3.8) is 0 Å². The van der Waals surface area contributed by atoms with E-state index in [2.05, 4.69) is 15.3 Å². The molecule has 0 aliphatic carbocycles. The van der Waals surface area contributed by atoms with Crippen LogP contribution in [0.15, 0.2) is 73.1 Å². The van der Waals surface area contributed by atoms with Gasteiger partial charge in [-0.05, 0) is 65.7 Å². The summed E-state index contributed by atoms with van der Waals surface area (Å²) in [7, 11) is 0. The minimum absolute atomic E-state index is 0.225. The van der Waals surface area contributed by atoms with Crippen LogP contribution in [0.5, 0.6) is 23.1 Å². The molecule has 0 aliphatic rings. The third kappa shape index (κ3) is 3.88. The van der Waals surface area contributed by atoms with Crippen LogP contribution in [-0.2, 0) is 0 Å². The van der Waals surface area contributed by atoms with Gasteiger partial charge < -0.3 is 26.0 Å². The summed E-state index contributed by atoms with van der Waals surface area (Å²) in [5.41, 5.74) is 9.03. The van der Waals surface area contributed by atoms with Gasteiger partial charge in [-0.2, -0.15) is 0 Å². The average Bonchev–Trinajstić information content (AvgIpc) is 2.81. The zero-order chi connectivity index (χ0) is 23.8. The fourth-order valence-corrected chi connectivity index (χ4v) is 3.76. The Morgan fingerprint density at radius 1 is 0.941 bits per heavy atom. The molecule has 8 nitrogen and oxygen atoms in total. The Kier molecular flexibility index (Phi) is 5.10. The second-order valence-corrected chi connectivity index (χ2v) is 7.87. The van der Waals surface area contributed by atoms with Gasteiger partial charge in [-0.15, -0.1) is 0 Å². The first-order valence-electron chi connectivity index (χ1n) is 10.4. The molecule has 168 valence electrons. The number of rotatable bonds is 4. The van der Waals surface area contributed by atoms with Crippen molar-refractivity contribution in [2.45, 2.75) is 6.92 Å². The zero-order valence-corrected chi connectivity index (χ0v) is 18.1. The van der Waals surface area contributed by atoms with E-state index in [1.54, 1.807) is 42.5 Å². The van der Waals surface area contributed by atoms with E-state index in [9.17, 15) is 15.0 Å². The molecule has 0 radical (unpaired) electrons. The summed E-state index contributed by atoms with van der Waals surface area (Å²) in [4.78, 5) is 21.2. The maximum Gasteiger partial charge on any atom is 0.256 e. The number of aryl methyl sites for hydroxylation is 1. The Morgan fingerprint density at radius 2 is 1.76 bits per heavy atom. The number of amides is 1. The van der Waals surface area contributed by atoms with Gasteiger partial charge in [-0.1, -0.05) is 18.2 Å². The third-order valence-corrected chi connectivity index (χ3v) is 5.46. The molecule has 0 saturated heterocycles. The lowest BCUT2D eigenvalue weighted by Crippen LogP contribution is -2.13. The minimum atomic E-state index is -0.296. The summed E-state index contributed by atoms with van der Waals surface area (Å²) < 4.78 is 5.96. The molecule has 0 atom stereocenters. The number of ether oxygens (including phenoxy) is 1. The fraction of sp³-hybridized carbons (Fsp3) is 0.0385. The van der Waals surface area contributed by atoms with Crippen molar-refractivity contribution in [3.8, 4) is 23.1 Å². The minimum Gasteiger partial charge on any atom is -0.504 e. The molecule has 34 heavy (non-hydrogen) atoms. The van der Waals surface area contributed by atoms with Crippen LogP contribution in [0.25, 0.3) is 21.7 Å². The first-order valence-corrected chi connectivity index (χ1v) is 10.4. The molecule has 0 saturated carbocycles. The number of carbonyl (C=O) groups is 1. The van der Waals surface area contributed by atoms with Gasteiger partial charge in [0, 0.05) is 11.6 Å². The number of fused-ring (bicyclic) bond motifs is 2. The Labute approximate surface area is 194 Å². The van der Waals surface area contributed by atoms with E-state index in [0.29, 0.717) is 33.6 Å². The number of aromatic nitrogens is 2. The van der Waals surface area contributed by atoms with Crippen molar-refractivity contribution in [2.75, 3.05) is 11.1 Å².